The van der Waals surface area contributed by atoms with Gasteiger partial charge in [0.2, 0.25) is 0 Å². The van der Waals surface area contributed by atoms with E-state index in [1.165, 1.54) is 43.2 Å². The molecule has 1 aliphatic carbocycles. The smallest absolute Gasteiger partial charge is 0.0720 e. The van der Waals surface area contributed by atoms with Gasteiger partial charge in [-0.25, -0.2) is 0 Å². The van der Waals surface area contributed by atoms with Crippen molar-refractivity contribution in [2.24, 2.45) is 5.92 Å². The van der Waals surface area contributed by atoms with Crippen molar-refractivity contribution in [3.05, 3.63) is 47.5 Å². The molecule has 0 amide bonds. The van der Waals surface area contributed by atoms with Crippen molar-refractivity contribution < 1.29 is 4.74 Å². The van der Waals surface area contributed by atoms with Crippen molar-refractivity contribution in [3.8, 4) is 0 Å². The topological polar surface area (TPSA) is 9.23 Å². The molecule has 1 unspecified atom stereocenters. The molecular weight excluding hydrogens is 244 g/mol. The normalized spacial score (nSPS) is 17.7. The fourth-order valence-electron chi connectivity index (χ4n) is 3.03. The summed E-state index contributed by atoms with van der Waals surface area (Å²) in [6.45, 7) is 5.10. The molecule has 0 aliphatic heterocycles. The molecule has 1 nitrogen and oxygen atoms in total. The van der Waals surface area contributed by atoms with E-state index in [1.807, 2.05) is 0 Å². The molecule has 0 N–H and O–H groups in total. The molecule has 1 fully saturated rings. The third-order valence-corrected chi connectivity index (χ3v) is 4.24. The lowest BCUT2D eigenvalue weighted by Crippen LogP contribution is -2.25. The Kier molecular flexibility index (Phi) is 6.32. The SMILES string of the molecule is CC(C)=CCC(OCc1ccccc1)C1CCCCC1. The summed E-state index contributed by atoms with van der Waals surface area (Å²) in [6, 6.07) is 10.5. The zero-order chi connectivity index (χ0) is 14.2. The summed E-state index contributed by atoms with van der Waals surface area (Å²) in [7, 11) is 0. The molecule has 0 aromatic heterocycles. The van der Waals surface area contributed by atoms with Gasteiger partial charge in [0.1, 0.15) is 0 Å². The van der Waals surface area contributed by atoms with Gasteiger partial charge in [-0.15, -0.1) is 0 Å². The zero-order valence-corrected chi connectivity index (χ0v) is 13.0. The van der Waals surface area contributed by atoms with Gasteiger partial charge < -0.3 is 4.74 Å². The molecule has 20 heavy (non-hydrogen) atoms. The van der Waals surface area contributed by atoms with Crippen LogP contribution in [0.15, 0.2) is 42.0 Å². The largest absolute Gasteiger partial charge is 0.373 e. The van der Waals surface area contributed by atoms with Crippen LogP contribution in [0.1, 0.15) is 57.9 Å². The predicted molar refractivity (Wildman–Crippen MR) is 85.6 cm³/mol. The first-order valence-corrected chi connectivity index (χ1v) is 8.04. The molecule has 2 rings (SSSR count). The van der Waals surface area contributed by atoms with Gasteiger partial charge in [-0.05, 0) is 44.6 Å². The van der Waals surface area contributed by atoms with E-state index >= 15 is 0 Å². The quantitative estimate of drug-likeness (QED) is 0.620. The molecule has 1 aromatic carbocycles. The Bertz CT molecular complexity index is 397. The van der Waals surface area contributed by atoms with E-state index in [2.05, 4.69) is 50.3 Å². The number of allylic oxidation sites excluding steroid dienone is 1. The first-order chi connectivity index (χ1) is 9.75. The van der Waals surface area contributed by atoms with Gasteiger partial charge in [0.05, 0.1) is 12.7 Å². The molecule has 1 aromatic rings. The summed E-state index contributed by atoms with van der Waals surface area (Å²) in [5, 5.41) is 0. The molecule has 1 atom stereocenters. The van der Waals surface area contributed by atoms with E-state index in [0.717, 1.165) is 18.9 Å². The van der Waals surface area contributed by atoms with Gasteiger partial charge in [-0.3, -0.25) is 0 Å². The molecule has 0 bridgehead atoms. The Labute approximate surface area is 124 Å². The van der Waals surface area contributed by atoms with Gasteiger partial charge in [0.25, 0.3) is 0 Å². The Morgan fingerprint density at radius 2 is 1.85 bits per heavy atom. The van der Waals surface area contributed by atoms with E-state index in [4.69, 9.17) is 4.74 Å². The number of hydrogen-bond acceptors (Lipinski definition) is 1. The highest BCUT2D eigenvalue weighted by Gasteiger charge is 2.23. The lowest BCUT2D eigenvalue weighted by molar-refractivity contribution is -0.00825. The molecule has 110 valence electrons. The van der Waals surface area contributed by atoms with Gasteiger partial charge in [-0.2, -0.15) is 0 Å². The molecule has 1 aliphatic rings. The molecule has 0 radical (unpaired) electrons. The highest BCUT2D eigenvalue weighted by atomic mass is 16.5. The van der Waals surface area contributed by atoms with Crippen molar-refractivity contribution in [2.75, 3.05) is 0 Å². The van der Waals surface area contributed by atoms with Crippen molar-refractivity contribution in [1.29, 1.82) is 0 Å². The van der Waals surface area contributed by atoms with Crippen LogP contribution in [0, 0.1) is 5.92 Å². The van der Waals surface area contributed by atoms with Crippen LogP contribution in [-0.2, 0) is 11.3 Å². The second-order valence-corrected chi connectivity index (χ2v) is 6.25. The van der Waals surface area contributed by atoms with Crippen LogP contribution in [0.3, 0.4) is 0 Å². The van der Waals surface area contributed by atoms with Crippen molar-refractivity contribution in [2.45, 2.75) is 65.1 Å². The third-order valence-electron chi connectivity index (χ3n) is 4.24. The van der Waals surface area contributed by atoms with Gasteiger partial charge in [0, 0.05) is 0 Å². The maximum Gasteiger partial charge on any atom is 0.0720 e. The molecule has 1 heteroatoms. The van der Waals surface area contributed by atoms with Gasteiger partial charge >= 0.3 is 0 Å². The summed E-state index contributed by atoms with van der Waals surface area (Å²) in [6.07, 6.45) is 10.7. The summed E-state index contributed by atoms with van der Waals surface area (Å²) >= 11 is 0. The minimum atomic E-state index is 0.394. The van der Waals surface area contributed by atoms with E-state index in [0.29, 0.717) is 6.10 Å². The zero-order valence-electron chi connectivity index (χ0n) is 13.0. The van der Waals surface area contributed by atoms with Crippen LogP contribution in [0.2, 0.25) is 0 Å². The Morgan fingerprint density at radius 3 is 2.50 bits per heavy atom. The molecule has 0 saturated heterocycles. The average molecular weight is 272 g/mol. The van der Waals surface area contributed by atoms with Crippen molar-refractivity contribution >= 4 is 0 Å². The van der Waals surface area contributed by atoms with Crippen LogP contribution < -0.4 is 0 Å². The van der Waals surface area contributed by atoms with E-state index in [9.17, 15) is 0 Å². The highest BCUT2D eigenvalue weighted by Crippen LogP contribution is 2.30. The summed E-state index contributed by atoms with van der Waals surface area (Å²) in [5.74, 6) is 0.753. The van der Waals surface area contributed by atoms with Crippen LogP contribution in [0.25, 0.3) is 0 Å². The standard InChI is InChI=1S/C19H28O/c1-16(2)13-14-19(18-11-7-4-8-12-18)20-15-17-9-5-3-6-10-17/h3,5-6,9-10,13,18-19H,4,7-8,11-12,14-15H2,1-2H3. The van der Waals surface area contributed by atoms with E-state index in [-0.39, 0.29) is 0 Å². The monoisotopic (exact) mass is 272 g/mol. The molecule has 0 spiro atoms. The molecule has 0 heterocycles. The van der Waals surface area contributed by atoms with E-state index < -0.39 is 0 Å². The van der Waals surface area contributed by atoms with Crippen LogP contribution >= 0.6 is 0 Å². The fourth-order valence-corrected chi connectivity index (χ4v) is 3.03. The minimum Gasteiger partial charge on any atom is -0.373 e. The first-order valence-electron chi connectivity index (χ1n) is 8.04. The fraction of sp³-hybridized carbons (Fsp3) is 0.579. The van der Waals surface area contributed by atoms with Crippen molar-refractivity contribution in [3.63, 3.8) is 0 Å². The maximum absolute atomic E-state index is 6.27. The summed E-state index contributed by atoms with van der Waals surface area (Å²) in [5.41, 5.74) is 2.68. The summed E-state index contributed by atoms with van der Waals surface area (Å²) < 4.78 is 6.27. The summed E-state index contributed by atoms with van der Waals surface area (Å²) in [4.78, 5) is 0. The minimum absolute atomic E-state index is 0.394. The number of ether oxygens (including phenoxy) is 1. The third kappa shape index (κ3) is 5.13. The Balaban J connectivity index is 1.92. The van der Waals surface area contributed by atoms with Crippen LogP contribution in [0.5, 0.6) is 0 Å². The maximum atomic E-state index is 6.27. The molecule has 1 saturated carbocycles. The first kappa shape index (κ1) is 15.3. The lowest BCUT2D eigenvalue weighted by Gasteiger charge is -2.30. The number of benzene rings is 1. The number of hydrogen-bond donors (Lipinski definition) is 0. The van der Waals surface area contributed by atoms with Crippen LogP contribution in [-0.4, -0.2) is 6.10 Å². The van der Waals surface area contributed by atoms with Gasteiger partial charge in [-0.1, -0.05) is 61.2 Å². The number of rotatable bonds is 6. The Hall–Kier alpha value is -1.08. The second kappa shape index (κ2) is 8.26. The van der Waals surface area contributed by atoms with E-state index in [1.54, 1.807) is 0 Å². The molecular formula is C19H28O. The van der Waals surface area contributed by atoms with Crippen molar-refractivity contribution in [1.82, 2.24) is 0 Å². The average Bonchev–Trinajstić information content (AvgIpc) is 2.49. The Morgan fingerprint density at radius 1 is 1.15 bits per heavy atom. The van der Waals surface area contributed by atoms with Gasteiger partial charge in [0.15, 0.2) is 0 Å². The second-order valence-electron chi connectivity index (χ2n) is 6.25. The predicted octanol–water partition coefficient (Wildman–Crippen LogP) is 5.51. The van der Waals surface area contributed by atoms with Crippen LogP contribution in [0.4, 0.5) is 0 Å². The highest BCUT2D eigenvalue weighted by molar-refractivity contribution is 5.13. The lowest BCUT2D eigenvalue weighted by atomic mass is 9.84.